The number of methoxy groups -OCH3 is 1. The third-order valence-electron chi connectivity index (χ3n) is 3.92. The molecule has 7 heteroatoms. The summed E-state index contributed by atoms with van der Waals surface area (Å²) in [6, 6.07) is 7.33. The predicted octanol–water partition coefficient (Wildman–Crippen LogP) is 2.74. The lowest BCUT2D eigenvalue weighted by Gasteiger charge is -2.30. The summed E-state index contributed by atoms with van der Waals surface area (Å²) in [4.78, 5) is 18.2. The Labute approximate surface area is 139 Å². The average molecular weight is 336 g/mol. The summed E-state index contributed by atoms with van der Waals surface area (Å²) in [5, 5.41) is 4.66. The zero-order valence-electron chi connectivity index (χ0n) is 12.9. The van der Waals surface area contributed by atoms with Crippen molar-refractivity contribution in [3.8, 4) is 11.4 Å². The summed E-state index contributed by atoms with van der Waals surface area (Å²) in [6.07, 6.45) is 1.84. The minimum atomic E-state index is -0.00761. The number of carbonyl (C=O) groups excluding carboxylic acids is 1. The summed E-state index contributed by atoms with van der Waals surface area (Å²) in [6.45, 7) is 1.43. The number of ether oxygens (including phenoxy) is 1. The molecule has 0 unspecified atom stereocenters. The summed E-state index contributed by atoms with van der Waals surface area (Å²) in [5.74, 6) is 1.13. The highest BCUT2D eigenvalue weighted by molar-refractivity contribution is 6.30. The van der Waals surface area contributed by atoms with Gasteiger partial charge in [0.15, 0.2) is 0 Å². The Balaban J connectivity index is 1.73. The maximum Gasteiger partial charge on any atom is 0.248 e. The van der Waals surface area contributed by atoms with E-state index >= 15 is 0 Å². The van der Waals surface area contributed by atoms with Gasteiger partial charge in [-0.05, 0) is 25.0 Å². The van der Waals surface area contributed by atoms with Gasteiger partial charge in [-0.2, -0.15) is 4.98 Å². The van der Waals surface area contributed by atoms with Crippen LogP contribution in [0.4, 0.5) is 0 Å². The molecular formula is C16H18ClN3O3. The highest BCUT2D eigenvalue weighted by atomic mass is 35.5. The fourth-order valence-electron chi connectivity index (χ4n) is 2.77. The number of piperidine rings is 1. The Morgan fingerprint density at radius 1 is 1.52 bits per heavy atom. The van der Waals surface area contributed by atoms with Crippen LogP contribution in [-0.2, 0) is 9.53 Å². The Morgan fingerprint density at radius 2 is 2.39 bits per heavy atom. The normalized spacial score (nSPS) is 18.2. The van der Waals surface area contributed by atoms with Crippen molar-refractivity contribution < 1.29 is 14.1 Å². The van der Waals surface area contributed by atoms with Crippen LogP contribution in [0.2, 0.25) is 5.02 Å². The second kappa shape index (κ2) is 7.10. The molecule has 0 saturated carbocycles. The SMILES string of the molecule is COCC(=O)N1CCC[C@@H](c2nc(-c3cccc(Cl)c3)no2)C1. The lowest BCUT2D eigenvalue weighted by atomic mass is 9.98. The fraction of sp³-hybridized carbons (Fsp3) is 0.438. The van der Waals surface area contributed by atoms with Gasteiger partial charge in [0.25, 0.3) is 0 Å². The van der Waals surface area contributed by atoms with E-state index in [0.29, 0.717) is 23.3 Å². The van der Waals surface area contributed by atoms with Crippen molar-refractivity contribution in [2.45, 2.75) is 18.8 Å². The lowest BCUT2D eigenvalue weighted by Crippen LogP contribution is -2.40. The van der Waals surface area contributed by atoms with Gasteiger partial charge in [-0.15, -0.1) is 0 Å². The van der Waals surface area contributed by atoms with Crippen molar-refractivity contribution in [2.75, 3.05) is 26.8 Å². The Morgan fingerprint density at radius 3 is 3.17 bits per heavy atom. The van der Waals surface area contributed by atoms with Crippen molar-refractivity contribution in [2.24, 2.45) is 0 Å². The van der Waals surface area contributed by atoms with Gasteiger partial charge in [0.1, 0.15) is 6.61 Å². The minimum Gasteiger partial charge on any atom is -0.375 e. The first kappa shape index (κ1) is 16.0. The van der Waals surface area contributed by atoms with Crippen LogP contribution in [0.25, 0.3) is 11.4 Å². The second-order valence-electron chi connectivity index (χ2n) is 5.58. The highest BCUT2D eigenvalue weighted by Crippen LogP contribution is 2.28. The van der Waals surface area contributed by atoms with Crippen LogP contribution in [0.5, 0.6) is 0 Å². The van der Waals surface area contributed by atoms with Gasteiger partial charge in [0, 0.05) is 30.8 Å². The number of benzene rings is 1. The molecule has 1 saturated heterocycles. The van der Waals surface area contributed by atoms with E-state index in [1.807, 2.05) is 12.1 Å². The maximum atomic E-state index is 12.0. The molecule has 2 heterocycles. The molecular weight excluding hydrogens is 318 g/mol. The van der Waals surface area contributed by atoms with Crippen molar-refractivity contribution >= 4 is 17.5 Å². The Hall–Kier alpha value is -1.92. The van der Waals surface area contributed by atoms with Crippen molar-refractivity contribution in [3.63, 3.8) is 0 Å². The molecule has 1 aromatic heterocycles. The maximum absolute atomic E-state index is 12.0. The molecule has 1 fully saturated rings. The van der Waals surface area contributed by atoms with Crippen LogP contribution in [0.15, 0.2) is 28.8 Å². The number of aromatic nitrogens is 2. The van der Waals surface area contributed by atoms with E-state index in [-0.39, 0.29) is 18.4 Å². The fourth-order valence-corrected chi connectivity index (χ4v) is 2.96. The largest absolute Gasteiger partial charge is 0.375 e. The van der Waals surface area contributed by atoms with E-state index < -0.39 is 0 Å². The van der Waals surface area contributed by atoms with Gasteiger partial charge >= 0.3 is 0 Å². The van der Waals surface area contributed by atoms with Gasteiger partial charge in [-0.3, -0.25) is 4.79 Å². The predicted molar refractivity (Wildman–Crippen MR) is 85.2 cm³/mol. The van der Waals surface area contributed by atoms with Gasteiger partial charge in [-0.25, -0.2) is 0 Å². The summed E-state index contributed by atoms with van der Waals surface area (Å²) < 4.78 is 10.3. The van der Waals surface area contributed by atoms with Gasteiger partial charge in [-0.1, -0.05) is 28.9 Å². The van der Waals surface area contributed by atoms with Crippen molar-refractivity contribution in [1.82, 2.24) is 15.0 Å². The summed E-state index contributed by atoms with van der Waals surface area (Å²) >= 11 is 5.99. The summed E-state index contributed by atoms with van der Waals surface area (Å²) in [7, 11) is 1.52. The van der Waals surface area contributed by atoms with Crippen molar-refractivity contribution in [3.05, 3.63) is 35.2 Å². The van der Waals surface area contributed by atoms with Crippen LogP contribution in [-0.4, -0.2) is 47.8 Å². The number of rotatable bonds is 4. The zero-order chi connectivity index (χ0) is 16.2. The van der Waals surface area contributed by atoms with Crippen LogP contribution >= 0.6 is 11.6 Å². The molecule has 122 valence electrons. The Bertz CT molecular complexity index is 689. The molecule has 0 spiro atoms. The number of hydrogen-bond donors (Lipinski definition) is 0. The number of halogens is 1. The van der Waals surface area contributed by atoms with E-state index in [4.69, 9.17) is 20.9 Å². The van der Waals surface area contributed by atoms with Crippen molar-refractivity contribution in [1.29, 1.82) is 0 Å². The first-order chi connectivity index (χ1) is 11.2. The molecule has 23 heavy (non-hydrogen) atoms. The summed E-state index contributed by atoms with van der Waals surface area (Å²) in [5.41, 5.74) is 0.815. The van der Waals surface area contributed by atoms with Gasteiger partial charge < -0.3 is 14.2 Å². The van der Waals surface area contributed by atoms with Gasteiger partial charge in [0.05, 0.1) is 5.92 Å². The van der Waals surface area contributed by atoms with Crippen LogP contribution in [0, 0.1) is 0 Å². The number of likely N-dealkylation sites (tertiary alicyclic amines) is 1. The molecule has 1 aliphatic heterocycles. The highest BCUT2D eigenvalue weighted by Gasteiger charge is 2.28. The number of carbonyl (C=O) groups is 1. The number of amides is 1. The molecule has 0 bridgehead atoms. The van der Waals surface area contributed by atoms with Crippen LogP contribution < -0.4 is 0 Å². The van der Waals surface area contributed by atoms with E-state index in [0.717, 1.165) is 24.9 Å². The molecule has 0 aliphatic carbocycles. The molecule has 3 rings (SSSR count). The third kappa shape index (κ3) is 3.71. The standard InChI is InChI=1S/C16H18ClN3O3/c1-22-10-14(21)20-7-3-5-12(9-20)16-18-15(19-23-16)11-4-2-6-13(17)8-11/h2,4,6,8,12H,3,5,7,9-10H2,1H3/t12-/m1/s1. The van der Waals surface area contributed by atoms with Gasteiger partial charge in [0.2, 0.25) is 17.6 Å². The molecule has 1 aromatic carbocycles. The average Bonchev–Trinajstić information content (AvgIpc) is 3.05. The minimum absolute atomic E-state index is 0.00761. The second-order valence-corrected chi connectivity index (χ2v) is 6.01. The zero-order valence-corrected chi connectivity index (χ0v) is 13.6. The van der Waals surface area contributed by atoms with E-state index in [2.05, 4.69) is 10.1 Å². The van der Waals surface area contributed by atoms with E-state index in [9.17, 15) is 4.79 Å². The molecule has 0 radical (unpaired) electrons. The third-order valence-corrected chi connectivity index (χ3v) is 4.15. The topological polar surface area (TPSA) is 68.5 Å². The van der Waals surface area contributed by atoms with Crippen LogP contribution in [0.3, 0.4) is 0 Å². The molecule has 0 N–H and O–H groups in total. The van der Waals surface area contributed by atoms with E-state index in [1.54, 1.807) is 17.0 Å². The Kier molecular flexibility index (Phi) is 4.93. The molecule has 1 aliphatic rings. The molecule has 6 nitrogen and oxygen atoms in total. The molecule has 1 amide bonds. The lowest BCUT2D eigenvalue weighted by molar-refractivity contribution is -0.136. The molecule has 1 atom stereocenters. The number of nitrogens with zero attached hydrogens (tertiary/aromatic N) is 3. The quantitative estimate of drug-likeness (QED) is 0.859. The molecule has 2 aromatic rings. The van der Waals surface area contributed by atoms with E-state index in [1.165, 1.54) is 7.11 Å². The smallest absolute Gasteiger partial charge is 0.248 e. The number of hydrogen-bond acceptors (Lipinski definition) is 5. The first-order valence-corrected chi connectivity index (χ1v) is 7.91. The van der Waals surface area contributed by atoms with Crippen LogP contribution in [0.1, 0.15) is 24.7 Å². The first-order valence-electron chi connectivity index (χ1n) is 7.53. The monoisotopic (exact) mass is 335 g/mol.